The number of hydrogen-bond donors (Lipinski definition) is 3. The molecule has 0 unspecified atom stereocenters. The van der Waals surface area contributed by atoms with Crippen molar-refractivity contribution < 1.29 is 9.59 Å². The number of hydrogen-bond acceptors (Lipinski definition) is 4. The number of halogens is 1. The molecule has 0 heterocycles. The monoisotopic (exact) mass is 446 g/mol. The van der Waals surface area contributed by atoms with Crippen molar-refractivity contribution >= 4 is 29.1 Å². The molecule has 3 N–H and O–H groups in total. The quantitative estimate of drug-likeness (QED) is 0.508. The molecule has 4 aliphatic rings. The molecule has 1 aromatic carbocycles. The number of carbonyl (C=O) groups excluding carboxylic acids is 2. The van der Waals surface area contributed by atoms with Crippen LogP contribution in [-0.4, -0.2) is 57.0 Å². The predicted octanol–water partition coefficient (Wildman–Crippen LogP) is 3.38. The van der Waals surface area contributed by atoms with Crippen molar-refractivity contribution in [2.75, 3.05) is 45.6 Å². The molecule has 4 fully saturated rings. The second-order valence-electron chi connectivity index (χ2n) is 10.2. The van der Waals surface area contributed by atoms with E-state index in [-0.39, 0.29) is 11.8 Å². The molecule has 6 nitrogen and oxygen atoms in total. The van der Waals surface area contributed by atoms with E-state index in [1.807, 2.05) is 12.1 Å². The molecule has 0 radical (unpaired) electrons. The first-order valence-corrected chi connectivity index (χ1v) is 11.9. The van der Waals surface area contributed by atoms with Gasteiger partial charge in [-0.15, -0.1) is 0 Å². The van der Waals surface area contributed by atoms with Gasteiger partial charge in [0.25, 0.3) is 5.91 Å². The molecule has 4 bridgehead atoms. The first-order valence-electron chi connectivity index (χ1n) is 11.6. The molecule has 7 heteroatoms. The van der Waals surface area contributed by atoms with Gasteiger partial charge in [-0.25, -0.2) is 0 Å². The van der Waals surface area contributed by atoms with Crippen LogP contribution in [0.2, 0.25) is 5.02 Å². The van der Waals surface area contributed by atoms with Crippen LogP contribution in [0.4, 0.5) is 5.69 Å². The fourth-order valence-corrected chi connectivity index (χ4v) is 6.53. The van der Waals surface area contributed by atoms with Gasteiger partial charge in [-0.05, 0) is 79.9 Å². The third kappa shape index (κ3) is 5.35. The van der Waals surface area contributed by atoms with E-state index < -0.39 is 0 Å². The van der Waals surface area contributed by atoms with Crippen LogP contribution >= 0.6 is 11.6 Å². The van der Waals surface area contributed by atoms with Gasteiger partial charge in [0.05, 0.1) is 17.1 Å². The summed E-state index contributed by atoms with van der Waals surface area (Å²) in [5.74, 6) is 2.59. The topological polar surface area (TPSA) is 73.5 Å². The number of carbonyl (C=O) groups is 2. The first-order chi connectivity index (χ1) is 14.8. The number of rotatable bonds is 9. The SMILES string of the molecule is CN(C)C(=O)CNCCNc1ccc(Cl)c(C(=O)NCC23CC4CC(CC(C4)C2)C3)c1. The van der Waals surface area contributed by atoms with Crippen LogP contribution in [0.3, 0.4) is 0 Å². The summed E-state index contributed by atoms with van der Waals surface area (Å²) in [4.78, 5) is 26.1. The van der Waals surface area contributed by atoms with E-state index in [0.717, 1.165) is 30.0 Å². The van der Waals surface area contributed by atoms with Crippen LogP contribution < -0.4 is 16.0 Å². The van der Waals surface area contributed by atoms with E-state index in [9.17, 15) is 9.59 Å². The summed E-state index contributed by atoms with van der Waals surface area (Å²) >= 11 is 6.35. The Morgan fingerprint density at radius 2 is 1.71 bits per heavy atom. The van der Waals surface area contributed by atoms with Crippen molar-refractivity contribution in [2.24, 2.45) is 23.2 Å². The normalized spacial score (nSPS) is 28.4. The van der Waals surface area contributed by atoms with Crippen molar-refractivity contribution in [1.29, 1.82) is 0 Å². The molecule has 0 saturated heterocycles. The third-order valence-electron chi connectivity index (χ3n) is 7.41. The summed E-state index contributed by atoms with van der Waals surface area (Å²) in [6, 6.07) is 5.47. The molecule has 4 aliphatic carbocycles. The zero-order chi connectivity index (χ0) is 22.0. The molecule has 31 heavy (non-hydrogen) atoms. The molecule has 170 valence electrons. The smallest absolute Gasteiger partial charge is 0.252 e. The first kappa shape index (κ1) is 22.4. The van der Waals surface area contributed by atoms with Gasteiger partial charge in [-0.3, -0.25) is 9.59 Å². The molecule has 4 saturated carbocycles. The zero-order valence-electron chi connectivity index (χ0n) is 18.7. The maximum absolute atomic E-state index is 12.9. The van der Waals surface area contributed by atoms with Crippen LogP contribution in [-0.2, 0) is 4.79 Å². The average Bonchev–Trinajstić information content (AvgIpc) is 2.71. The van der Waals surface area contributed by atoms with Crippen LogP contribution in [0.1, 0.15) is 48.9 Å². The minimum Gasteiger partial charge on any atom is -0.384 e. The van der Waals surface area contributed by atoms with Gasteiger partial charge in [0.15, 0.2) is 0 Å². The van der Waals surface area contributed by atoms with Gasteiger partial charge in [-0.1, -0.05) is 11.6 Å². The van der Waals surface area contributed by atoms with Gasteiger partial charge >= 0.3 is 0 Å². The van der Waals surface area contributed by atoms with E-state index in [4.69, 9.17) is 11.6 Å². The number of nitrogens with zero attached hydrogens (tertiary/aromatic N) is 1. The molecular formula is C24H35ClN4O2. The van der Waals surface area contributed by atoms with E-state index in [1.54, 1.807) is 25.1 Å². The second-order valence-corrected chi connectivity index (χ2v) is 10.6. The standard InChI is InChI=1S/C24H35ClN4O2/c1-29(2)22(30)14-26-5-6-27-19-3-4-21(25)20(10-19)23(31)28-15-24-11-16-7-17(12-24)9-18(8-16)13-24/h3-4,10,16-18,26-27H,5-9,11-15H2,1-2H3,(H,28,31). The van der Waals surface area contributed by atoms with Gasteiger partial charge in [0.1, 0.15) is 0 Å². The van der Waals surface area contributed by atoms with Crippen molar-refractivity contribution in [2.45, 2.75) is 38.5 Å². The molecule has 0 aromatic heterocycles. The summed E-state index contributed by atoms with van der Waals surface area (Å²) < 4.78 is 0. The Labute approximate surface area is 190 Å². The average molecular weight is 447 g/mol. The number of likely N-dealkylation sites (N-methyl/N-ethyl adjacent to an activating group) is 1. The number of amides is 2. The number of nitrogens with one attached hydrogen (secondary N) is 3. The van der Waals surface area contributed by atoms with Crippen molar-refractivity contribution in [3.8, 4) is 0 Å². The minimum absolute atomic E-state index is 0.0458. The lowest BCUT2D eigenvalue weighted by Crippen LogP contribution is -2.51. The highest BCUT2D eigenvalue weighted by Gasteiger charge is 2.50. The highest BCUT2D eigenvalue weighted by Crippen LogP contribution is 2.59. The molecule has 1 aromatic rings. The van der Waals surface area contributed by atoms with Crippen LogP contribution in [0.25, 0.3) is 0 Å². The van der Waals surface area contributed by atoms with Crippen molar-refractivity contribution in [3.05, 3.63) is 28.8 Å². The lowest BCUT2D eigenvalue weighted by molar-refractivity contribution is -0.127. The highest BCUT2D eigenvalue weighted by molar-refractivity contribution is 6.34. The Kier molecular flexibility index (Phi) is 6.77. The molecule has 0 spiro atoms. The third-order valence-corrected chi connectivity index (χ3v) is 7.74. The van der Waals surface area contributed by atoms with E-state index in [1.165, 1.54) is 38.5 Å². The molecular weight excluding hydrogens is 412 g/mol. The van der Waals surface area contributed by atoms with Gasteiger partial charge in [0, 0.05) is 39.4 Å². The van der Waals surface area contributed by atoms with Gasteiger partial charge in [0.2, 0.25) is 5.91 Å². The maximum atomic E-state index is 12.9. The Morgan fingerprint density at radius 1 is 1.06 bits per heavy atom. The molecule has 5 rings (SSSR count). The Bertz CT molecular complexity index is 791. The lowest BCUT2D eigenvalue weighted by Gasteiger charge is -2.56. The summed E-state index contributed by atoms with van der Waals surface area (Å²) in [5, 5.41) is 10.1. The molecule has 0 aliphatic heterocycles. The van der Waals surface area contributed by atoms with Crippen molar-refractivity contribution in [1.82, 2.24) is 15.5 Å². The Balaban J connectivity index is 1.28. The van der Waals surface area contributed by atoms with Crippen molar-refractivity contribution in [3.63, 3.8) is 0 Å². The lowest BCUT2D eigenvalue weighted by atomic mass is 9.49. The van der Waals surface area contributed by atoms with E-state index >= 15 is 0 Å². The fourth-order valence-electron chi connectivity index (χ4n) is 6.33. The second kappa shape index (κ2) is 9.37. The van der Waals surface area contributed by atoms with Crippen LogP contribution in [0, 0.1) is 23.2 Å². The summed E-state index contributed by atoms with van der Waals surface area (Å²) in [6.07, 6.45) is 8.05. The van der Waals surface area contributed by atoms with Crippen LogP contribution in [0.15, 0.2) is 18.2 Å². The highest BCUT2D eigenvalue weighted by atomic mass is 35.5. The Hall–Kier alpha value is -1.79. The summed E-state index contributed by atoms with van der Waals surface area (Å²) in [5.41, 5.74) is 1.68. The van der Waals surface area contributed by atoms with E-state index in [2.05, 4.69) is 16.0 Å². The van der Waals surface area contributed by atoms with Gasteiger partial charge in [-0.2, -0.15) is 0 Å². The number of anilines is 1. The van der Waals surface area contributed by atoms with Crippen LogP contribution in [0.5, 0.6) is 0 Å². The maximum Gasteiger partial charge on any atom is 0.252 e. The Morgan fingerprint density at radius 3 is 2.32 bits per heavy atom. The molecule has 2 amide bonds. The molecule has 0 atom stereocenters. The number of benzene rings is 1. The zero-order valence-corrected chi connectivity index (χ0v) is 19.4. The predicted molar refractivity (Wildman–Crippen MR) is 124 cm³/mol. The van der Waals surface area contributed by atoms with E-state index in [0.29, 0.717) is 35.6 Å². The fraction of sp³-hybridized carbons (Fsp3) is 0.667. The largest absolute Gasteiger partial charge is 0.384 e. The van der Waals surface area contributed by atoms with Gasteiger partial charge < -0.3 is 20.9 Å². The summed E-state index contributed by atoms with van der Waals surface area (Å²) in [6.45, 7) is 2.38. The summed E-state index contributed by atoms with van der Waals surface area (Å²) in [7, 11) is 3.48. The minimum atomic E-state index is -0.0842.